The van der Waals surface area contributed by atoms with Crippen molar-refractivity contribution in [1.29, 1.82) is 0 Å². The molecule has 0 saturated carbocycles. The first-order valence-corrected chi connectivity index (χ1v) is 9.57. The fourth-order valence-electron chi connectivity index (χ4n) is 2.41. The van der Waals surface area contributed by atoms with Crippen LogP contribution in [0.15, 0.2) is 29.3 Å². The lowest BCUT2D eigenvalue weighted by atomic mass is 10.3. The number of aliphatic imine (C=N–C) groups is 1. The van der Waals surface area contributed by atoms with Gasteiger partial charge in [0.25, 0.3) is 0 Å². The predicted molar refractivity (Wildman–Crippen MR) is 117 cm³/mol. The van der Waals surface area contributed by atoms with Crippen LogP contribution in [0.25, 0.3) is 11.0 Å². The minimum atomic E-state index is 0. The van der Waals surface area contributed by atoms with Crippen LogP contribution in [-0.4, -0.2) is 40.6 Å². The number of guanidine groups is 1. The molecule has 0 amide bonds. The Balaban J connectivity index is 0.00000288. The topological polar surface area (TPSA) is 54.2 Å². The van der Waals surface area contributed by atoms with Crippen molar-refractivity contribution < 1.29 is 0 Å². The predicted octanol–water partition coefficient (Wildman–Crippen LogP) is 3.39. The van der Waals surface area contributed by atoms with E-state index in [1.807, 2.05) is 37.0 Å². The van der Waals surface area contributed by atoms with Crippen LogP contribution in [0.5, 0.6) is 0 Å². The number of nitrogens with one attached hydrogen (secondary N) is 2. The van der Waals surface area contributed by atoms with Gasteiger partial charge in [-0.1, -0.05) is 12.1 Å². The van der Waals surface area contributed by atoms with E-state index in [4.69, 9.17) is 0 Å². The molecule has 24 heavy (non-hydrogen) atoms. The van der Waals surface area contributed by atoms with Gasteiger partial charge in [0.2, 0.25) is 0 Å². The van der Waals surface area contributed by atoms with Crippen LogP contribution >= 0.6 is 35.7 Å². The Kier molecular flexibility index (Phi) is 10.2. The molecule has 1 heterocycles. The maximum Gasteiger partial charge on any atom is 0.191 e. The van der Waals surface area contributed by atoms with Gasteiger partial charge in [-0.25, -0.2) is 9.98 Å². The Morgan fingerprint density at radius 1 is 1.25 bits per heavy atom. The summed E-state index contributed by atoms with van der Waals surface area (Å²) in [6.07, 6.45) is 4.55. The molecule has 0 bridgehead atoms. The Morgan fingerprint density at radius 3 is 2.75 bits per heavy atom. The van der Waals surface area contributed by atoms with Gasteiger partial charge in [0.15, 0.2) is 5.96 Å². The van der Waals surface area contributed by atoms with Crippen molar-refractivity contribution in [1.82, 2.24) is 20.2 Å². The molecule has 2 aromatic rings. The molecule has 0 aliphatic carbocycles. The number of rotatable bonds is 8. The number of aryl methyl sites for hydroxylation is 1. The summed E-state index contributed by atoms with van der Waals surface area (Å²) >= 11 is 1.90. The van der Waals surface area contributed by atoms with Gasteiger partial charge in [-0.2, -0.15) is 11.8 Å². The number of unbranched alkanes of at least 4 members (excludes halogenated alkanes) is 1. The van der Waals surface area contributed by atoms with E-state index >= 15 is 0 Å². The van der Waals surface area contributed by atoms with Crippen molar-refractivity contribution in [2.75, 3.05) is 25.1 Å². The van der Waals surface area contributed by atoms with Crippen LogP contribution in [-0.2, 0) is 13.6 Å². The largest absolute Gasteiger partial charge is 0.357 e. The standard InChI is InChI=1S/C17H27N5S.HI/c1-4-18-17(19-11-7-8-12-23-3)20-13-16-21-14-9-5-6-10-15(14)22(16)2;/h5-6,9-10H,4,7-8,11-13H2,1-3H3,(H2,18,19,20);1H. The maximum atomic E-state index is 4.66. The summed E-state index contributed by atoms with van der Waals surface area (Å²) in [5, 5.41) is 6.69. The molecule has 2 rings (SSSR count). The monoisotopic (exact) mass is 461 g/mol. The molecule has 0 aliphatic heterocycles. The fraction of sp³-hybridized carbons (Fsp3) is 0.529. The van der Waals surface area contributed by atoms with Crippen LogP contribution < -0.4 is 10.6 Å². The number of nitrogens with zero attached hydrogens (tertiary/aromatic N) is 3. The molecular weight excluding hydrogens is 433 g/mol. The highest BCUT2D eigenvalue weighted by Crippen LogP contribution is 2.14. The van der Waals surface area contributed by atoms with E-state index < -0.39 is 0 Å². The summed E-state index contributed by atoms with van der Waals surface area (Å²) < 4.78 is 2.11. The lowest BCUT2D eigenvalue weighted by Crippen LogP contribution is -2.37. The van der Waals surface area contributed by atoms with Crippen LogP contribution in [0.1, 0.15) is 25.6 Å². The zero-order valence-electron chi connectivity index (χ0n) is 14.7. The number of hydrogen-bond acceptors (Lipinski definition) is 3. The highest BCUT2D eigenvalue weighted by Gasteiger charge is 2.06. The SMILES string of the molecule is CCNC(=NCc1nc2ccccc2n1C)NCCCCSC.I. The molecule has 5 nitrogen and oxygen atoms in total. The highest BCUT2D eigenvalue weighted by atomic mass is 127. The van der Waals surface area contributed by atoms with Crippen LogP contribution in [0.2, 0.25) is 0 Å². The molecule has 1 aromatic carbocycles. The van der Waals surface area contributed by atoms with Crippen molar-refractivity contribution in [3.8, 4) is 0 Å². The third kappa shape index (κ3) is 6.16. The Labute approximate surface area is 166 Å². The van der Waals surface area contributed by atoms with Crippen molar-refractivity contribution >= 4 is 52.7 Å². The smallest absolute Gasteiger partial charge is 0.191 e. The summed E-state index contributed by atoms with van der Waals surface area (Å²) in [7, 11) is 2.04. The first-order valence-electron chi connectivity index (χ1n) is 8.17. The summed E-state index contributed by atoms with van der Waals surface area (Å²) in [5.41, 5.74) is 2.17. The maximum absolute atomic E-state index is 4.66. The molecular formula is C17H28IN5S. The summed E-state index contributed by atoms with van der Waals surface area (Å²) in [5.74, 6) is 3.06. The number of fused-ring (bicyclic) bond motifs is 1. The van der Waals surface area contributed by atoms with Gasteiger partial charge in [0.1, 0.15) is 12.4 Å². The average molecular weight is 461 g/mol. The van der Waals surface area contributed by atoms with Crippen molar-refractivity contribution in [2.45, 2.75) is 26.3 Å². The average Bonchev–Trinajstić information content (AvgIpc) is 2.89. The third-order valence-electron chi connectivity index (χ3n) is 3.67. The van der Waals surface area contributed by atoms with E-state index in [1.54, 1.807) is 0 Å². The zero-order chi connectivity index (χ0) is 16.5. The third-order valence-corrected chi connectivity index (χ3v) is 4.37. The first-order chi connectivity index (χ1) is 11.3. The minimum absolute atomic E-state index is 0. The molecule has 0 spiro atoms. The fourth-order valence-corrected chi connectivity index (χ4v) is 2.90. The molecule has 7 heteroatoms. The first kappa shape index (κ1) is 21.1. The van der Waals surface area contributed by atoms with Gasteiger partial charge in [0.05, 0.1) is 11.0 Å². The van der Waals surface area contributed by atoms with Gasteiger partial charge < -0.3 is 15.2 Å². The molecule has 0 unspecified atom stereocenters. The number of hydrogen-bond donors (Lipinski definition) is 2. The summed E-state index contributed by atoms with van der Waals surface area (Å²) in [4.78, 5) is 9.33. The number of thioether (sulfide) groups is 1. The summed E-state index contributed by atoms with van der Waals surface area (Å²) in [6.45, 7) is 4.47. The molecule has 0 fully saturated rings. The summed E-state index contributed by atoms with van der Waals surface area (Å²) in [6, 6.07) is 8.18. The Bertz CT molecular complexity index is 641. The number of imidazole rings is 1. The normalized spacial score (nSPS) is 11.4. The van der Waals surface area contributed by atoms with Crippen LogP contribution in [0, 0.1) is 0 Å². The Morgan fingerprint density at radius 2 is 2.04 bits per heavy atom. The van der Waals surface area contributed by atoms with E-state index in [2.05, 4.69) is 44.4 Å². The van der Waals surface area contributed by atoms with Gasteiger partial charge >= 0.3 is 0 Å². The zero-order valence-corrected chi connectivity index (χ0v) is 17.9. The van der Waals surface area contributed by atoms with E-state index in [9.17, 15) is 0 Å². The van der Waals surface area contributed by atoms with Crippen molar-refractivity contribution in [2.24, 2.45) is 12.0 Å². The van der Waals surface area contributed by atoms with Crippen LogP contribution in [0.4, 0.5) is 0 Å². The molecule has 0 atom stereocenters. The van der Waals surface area contributed by atoms with Crippen molar-refractivity contribution in [3.05, 3.63) is 30.1 Å². The van der Waals surface area contributed by atoms with E-state index in [1.165, 1.54) is 12.2 Å². The second kappa shape index (κ2) is 11.6. The lowest BCUT2D eigenvalue weighted by molar-refractivity contribution is 0.728. The molecule has 2 N–H and O–H groups in total. The van der Waals surface area contributed by atoms with Crippen LogP contribution in [0.3, 0.4) is 0 Å². The number of benzene rings is 1. The second-order valence-electron chi connectivity index (χ2n) is 5.40. The van der Waals surface area contributed by atoms with Gasteiger partial charge in [-0.15, -0.1) is 24.0 Å². The molecule has 134 valence electrons. The molecule has 1 aromatic heterocycles. The highest BCUT2D eigenvalue weighted by molar-refractivity contribution is 14.0. The van der Waals surface area contributed by atoms with E-state index in [0.717, 1.165) is 42.3 Å². The van der Waals surface area contributed by atoms with Gasteiger partial charge in [-0.3, -0.25) is 0 Å². The quantitative estimate of drug-likeness (QED) is 0.274. The minimum Gasteiger partial charge on any atom is -0.357 e. The Hall–Kier alpha value is -0.960. The lowest BCUT2D eigenvalue weighted by Gasteiger charge is -2.11. The van der Waals surface area contributed by atoms with Gasteiger partial charge in [0, 0.05) is 20.1 Å². The number of aromatic nitrogens is 2. The van der Waals surface area contributed by atoms with Gasteiger partial charge in [-0.05, 0) is 43.9 Å². The second-order valence-corrected chi connectivity index (χ2v) is 6.38. The number of para-hydroxylation sites is 2. The van der Waals surface area contributed by atoms with E-state index in [0.29, 0.717) is 6.54 Å². The van der Waals surface area contributed by atoms with E-state index in [-0.39, 0.29) is 24.0 Å². The molecule has 0 aliphatic rings. The molecule has 0 saturated heterocycles. The van der Waals surface area contributed by atoms with Crippen molar-refractivity contribution in [3.63, 3.8) is 0 Å². The molecule has 0 radical (unpaired) electrons. The number of halogens is 1.